The van der Waals surface area contributed by atoms with Crippen molar-refractivity contribution in [1.82, 2.24) is 5.32 Å². The number of hydrogen-bond donors (Lipinski definition) is 2. The average Bonchev–Trinajstić information content (AvgIpc) is 2.46. The van der Waals surface area contributed by atoms with E-state index in [-0.39, 0.29) is 6.03 Å². The van der Waals surface area contributed by atoms with Crippen LogP contribution in [-0.2, 0) is 0 Å². The van der Waals surface area contributed by atoms with Gasteiger partial charge in [0.1, 0.15) is 12.4 Å². The van der Waals surface area contributed by atoms with E-state index in [4.69, 9.17) is 4.74 Å². The van der Waals surface area contributed by atoms with E-state index in [0.29, 0.717) is 13.2 Å². The summed E-state index contributed by atoms with van der Waals surface area (Å²) in [6.07, 6.45) is 0. The molecular formula is C19H24N2O2. The molecule has 0 aliphatic carbocycles. The van der Waals surface area contributed by atoms with Crippen molar-refractivity contribution in [2.75, 3.05) is 18.5 Å². The fraction of sp³-hybridized carbons (Fsp3) is 0.316. The molecule has 2 aromatic rings. The van der Waals surface area contributed by atoms with Gasteiger partial charge in [-0.25, -0.2) is 4.79 Å². The van der Waals surface area contributed by atoms with Crippen molar-refractivity contribution in [3.05, 3.63) is 58.7 Å². The number of ether oxygens (including phenoxy) is 1. The summed E-state index contributed by atoms with van der Waals surface area (Å²) in [4.78, 5) is 11.9. The van der Waals surface area contributed by atoms with Crippen molar-refractivity contribution < 1.29 is 9.53 Å². The van der Waals surface area contributed by atoms with Gasteiger partial charge in [-0.3, -0.25) is 0 Å². The van der Waals surface area contributed by atoms with Gasteiger partial charge in [-0.2, -0.15) is 0 Å². The van der Waals surface area contributed by atoms with Crippen LogP contribution in [0, 0.1) is 27.7 Å². The quantitative estimate of drug-likeness (QED) is 0.816. The fourth-order valence-corrected chi connectivity index (χ4v) is 2.47. The Balaban J connectivity index is 1.76. The number of carbonyl (C=O) groups is 1. The van der Waals surface area contributed by atoms with Gasteiger partial charge in [0, 0.05) is 5.69 Å². The largest absolute Gasteiger partial charge is 0.492 e. The Bertz CT molecular complexity index is 676. The van der Waals surface area contributed by atoms with Crippen LogP contribution < -0.4 is 15.4 Å². The smallest absolute Gasteiger partial charge is 0.319 e. The van der Waals surface area contributed by atoms with Crippen molar-refractivity contribution in [1.29, 1.82) is 0 Å². The third-order valence-corrected chi connectivity index (χ3v) is 3.48. The van der Waals surface area contributed by atoms with Crippen LogP contribution in [0.1, 0.15) is 22.3 Å². The third kappa shape index (κ3) is 5.33. The molecule has 0 bridgehead atoms. The summed E-state index contributed by atoms with van der Waals surface area (Å²) in [7, 11) is 0. The SMILES string of the molecule is Cc1cc(C)cc(OCCNC(=O)Nc2ccc(C)cc2C)c1. The second-order valence-electron chi connectivity index (χ2n) is 5.87. The second-order valence-corrected chi connectivity index (χ2v) is 5.87. The maximum absolute atomic E-state index is 11.9. The molecule has 2 rings (SSSR count). The number of aryl methyl sites for hydroxylation is 4. The minimum Gasteiger partial charge on any atom is -0.492 e. The number of anilines is 1. The maximum Gasteiger partial charge on any atom is 0.319 e. The summed E-state index contributed by atoms with van der Waals surface area (Å²) in [5.74, 6) is 0.832. The number of hydrogen-bond acceptors (Lipinski definition) is 2. The summed E-state index contributed by atoms with van der Waals surface area (Å²) in [6, 6.07) is 11.8. The minimum atomic E-state index is -0.221. The van der Waals surface area contributed by atoms with Crippen LogP contribution in [-0.4, -0.2) is 19.2 Å². The Morgan fingerprint density at radius 1 is 0.957 bits per heavy atom. The molecule has 0 fully saturated rings. The molecule has 2 N–H and O–H groups in total. The number of amides is 2. The van der Waals surface area contributed by atoms with Crippen LogP contribution in [0.4, 0.5) is 10.5 Å². The van der Waals surface area contributed by atoms with E-state index in [1.54, 1.807) is 0 Å². The first kappa shape index (κ1) is 16.9. The molecule has 0 saturated heterocycles. The molecule has 0 radical (unpaired) electrons. The lowest BCUT2D eigenvalue weighted by Crippen LogP contribution is -2.32. The van der Waals surface area contributed by atoms with Gasteiger partial charge >= 0.3 is 6.03 Å². The molecule has 0 aromatic heterocycles. The third-order valence-electron chi connectivity index (χ3n) is 3.48. The van der Waals surface area contributed by atoms with Crippen molar-refractivity contribution in [3.63, 3.8) is 0 Å². The monoisotopic (exact) mass is 312 g/mol. The van der Waals surface area contributed by atoms with E-state index in [1.165, 1.54) is 16.7 Å². The maximum atomic E-state index is 11.9. The molecule has 2 aromatic carbocycles. The second kappa shape index (κ2) is 7.68. The fourth-order valence-electron chi connectivity index (χ4n) is 2.47. The normalized spacial score (nSPS) is 10.3. The Hall–Kier alpha value is -2.49. The summed E-state index contributed by atoms with van der Waals surface area (Å²) in [5.41, 5.74) is 5.38. The predicted octanol–water partition coefficient (Wildman–Crippen LogP) is 4.12. The molecule has 0 atom stereocenters. The zero-order chi connectivity index (χ0) is 16.8. The Morgan fingerprint density at radius 3 is 2.30 bits per heavy atom. The molecule has 0 heterocycles. The number of carbonyl (C=O) groups excluding carboxylic acids is 1. The van der Waals surface area contributed by atoms with E-state index in [0.717, 1.165) is 17.0 Å². The lowest BCUT2D eigenvalue weighted by molar-refractivity contribution is 0.247. The molecule has 122 valence electrons. The first-order chi connectivity index (χ1) is 10.9. The molecule has 23 heavy (non-hydrogen) atoms. The van der Waals surface area contributed by atoms with E-state index < -0.39 is 0 Å². The van der Waals surface area contributed by atoms with Crippen LogP contribution in [0.15, 0.2) is 36.4 Å². The Labute approximate surface area is 137 Å². The molecular weight excluding hydrogens is 288 g/mol. The standard InChI is InChI=1S/C19H24N2O2/c1-13-5-6-18(16(4)10-13)21-19(22)20-7-8-23-17-11-14(2)9-15(3)12-17/h5-6,9-12H,7-8H2,1-4H3,(H2,20,21,22). The van der Waals surface area contributed by atoms with Crippen LogP contribution in [0.2, 0.25) is 0 Å². The summed E-state index contributed by atoms with van der Waals surface area (Å²) in [6.45, 7) is 8.96. The molecule has 0 spiro atoms. The van der Waals surface area contributed by atoms with Crippen molar-refractivity contribution in [2.45, 2.75) is 27.7 Å². The highest BCUT2D eigenvalue weighted by molar-refractivity contribution is 5.90. The number of urea groups is 1. The van der Waals surface area contributed by atoms with E-state index >= 15 is 0 Å². The highest BCUT2D eigenvalue weighted by Crippen LogP contribution is 2.16. The number of benzene rings is 2. The summed E-state index contributed by atoms with van der Waals surface area (Å²) >= 11 is 0. The molecule has 0 unspecified atom stereocenters. The van der Waals surface area contributed by atoms with Crippen LogP contribution in [0.25, 0.3) is 0 Å². The molecule has 4 heteroatoms. The first-order valence-electron chi connectivity index (χ1n) is 7.77. The summed E-state index contributed by atoms with van der Waals surface area (Å²) in [5, 5.41) is 5.65. The Morgan fingerprint density at radius 2 is 1.65 bits per heavy atom. The average molecular weight is 312 g/mol. The molecule has 0 aliphatic heterocycles. The number of rotatable bonds is 5. The van der Waals surface area contributed by atoms with E-state index in [9.17, 15) is 4.79 Å². The lowest BCUT2D eigenvalue weighted by Gasteiger charge is -2.11. The van der Waals surface area contributed by atoms with Crippen LogP contribution in [0.5, 0.6) is 5.75 Å². The van der Waals surface area contributed by atoms with Gasteiger partial charge in [-0.15, -0.1) is 0 Å². The molecule has 0 saturated carbocycles. The molecule has 2 amide bonds. The van der Waals surface area contributed by atoms with Crippen molar-refractivity contribution in [2.24, 2.45) is 0 Å². The van der Waals surface area contributed by atoms with Gasteiger partial charge in [0.2, 0.25) is 0 Å². The van der Waals surface area contributed by atoms with Crippen molar-refractivity contribution in [3.8, 4) is 5.75 Å². The predicted molar refractivity (Wildman–Crippen MR) is 94.3 cm³/mol. The highest BCUT2D eigenvalue weighted by atomic mass is 16.5. The zero-order valence-electron chi connectivity index (χ0n) is 14.2. The topological polar surface area (TPSA) is 50.4 Å². The van der Waals surface area contributed by atoms with Gasteiger partial charge in [0.15, 0.2) is 0 Å². The van der Waals surface area contributed by atoms with Gasteiger partial charge < -0.3 is 15.4 Å². The molecule has 4 nitrogen and oxygen atoms in total. The zero-order valence-corrected chi connectivity index (χ0v) is 14.2. The van der Waals surface area contributed by atoms with Crippen molar-refractivity contribution >= 4 is 11.7 Å². The van der Waals surface area contributed by atoms with Gasteiger partial charge in [0.25, 0.3) is 0 Å². The summed E-state index contributed by atoms with van der Waals surface area (Å²) < 4.78 is 5.67. The van der Waals surface area contributed by atoms with Gasteiger partial charge in [-0.05, 0) is 62.6 Å². The van der Waals surface area contributed by atoms with Gasteiger partial charge in [0.05, 0.1) is 6.54 Å². The van der Waals surface area contributed by atoms with Crippen LogP contribution >= 0.6 is 0 Å². The van der Waals surface area contributed by atoms with E-state index in [1.807, 2.05) is 58.0 Å². The lowest BCUT2D eigenvalue weighted by atomic mass is 10.1. The highest BCUT2D eigenvalue weighted by Gasteiger charge is 2.04. The molecule has 0 aliphatic rings. The number of nitrogens with one attached hydrogen (secondary N) is 2. The van der Waals surface area contributed by atoms with E-state index in [2.05, 4.69) is 16.7 Å². The van der Waals surface area contributed by atoms with Crippen LogP contribution in [0.3, 0.4) is 0 Å². The Kier molecular flexibility index (Phi) is 5.63. The minimum absolute atomic E-state index is 0.221. The first-order valence-corrected chi connectivity index (χ1v) is 7.77. The van der Waals surface area contributed by atoms with Gasteiger partial charge in [-0.1, -0.05) is 23.8 Å².